The largest absolute Gasteiger partial charge is 0.388 e. The highest BCUT2D eigenvalue weighted by Crippen LogP contribution is 2.30. The molecular formula is C16H12ClFOS. The van der Waals surface area contributed by atoms with E-state index in [9.17, 15) is 9.50 Å². The lowest BCUT2D eigenvalue weighted by Gasteiger charge is -2.11. The second-order valence-electron chi connectivity index (χ2n) is 4.68. The number of hydrogen-bond donors (Lipinski definition) is 1. The number of benzene rings is 2. The van der Waals surface area contributed by atoms with Crippen LogP contribution in [-0.2, 0) is 6.42 Å². The molecule has 0 saturated heterocycles. The third kappa shape index (κ3) is 2.70. The topological polar surface area (TPSA) is 20.2 Å². The standard InChI is InChI=1S/C16H12ClFOS/c17-12-5-10(6-13(18)8-12)15(19)7-11-9-20-16-4-2-1-3-14(11)16/h1-6,8-9,15,19H,7H2. The fourth-order valence-corrected chi connectivity index (χ4v) is 3.49. The maximum Gasteiger partial charge on any atom is 0.125 e. The van der Waals surface area contributed by atoms with Gasteiger partial charge in [-0.25, -0.2) is 4.39 Å². The van der Waals surface area contributed by atoms with Crippen molar-refractivity contribution in [2.24, 2.45) is 0 Å². The van der Waals surface area contributed by atoms with Crippen molar-refractivity contribution in [3.8, 4) is 0 Å². The Balaban J connectivity index is 1.90. The molecular weight excluding hydrogens is 295 g/mol. The van der Waals surface area contributed by atoms with Gasteiger partial charge >= 0.3 is 0 Å². The van der Waals surface area contributed by atoms with Crippen molar-refractivity contribution < 1.29 is 9.50 Å². The monoisotopic (exact) mass is 306 g/mol. The van der Waals surface area contributed by atoms with E-state index in [0.717, 1.165) is 10.9 Å². The van der Waals surface area contributed by atoms with Crippen LogP contribution in [0, 0.1) is 5.82 Å². The molecule has 3 rings (SSSR count). The van der Waals surface area contributed by atoms with Crippen LogP contribution in [0.15, 0.2) is 47.8 Å². The molecule has 0 aliphatic carbocycles. The fourth-order valence-electron chi connectivity index (χ4n) is 2.28. The summed E-state index contributed by atoms with van der Waals surface area (Å²) in [7, 11) is 0. The van der Waals surface area contributed by atoms with Crippen LogP contribution in [0.25, 0.3) is 10.1 Å². The molecule has 0 amide bonds. The predicted molar refractivity (Wildman–Crippen MR) is 81.9 cm³/mol. The normalized spacial score (nSPS) is 12.8. The lowest BCUT2D eigenvalue weighted by Crippen LogP contribution is -2.02. The first-order valence-corrected chi connectivity index (χ1v) is 7.48. The SMILES string of the molecule is OC(Cc1csc2ccccc12)c1cc(F)cc(Cl)c1. The number of aliphatic hydroxyl groups is 1. The van der Waals surface area contributed by atoms with Crippen LogP contribution in [0.5, 0.6) is 0 Å². The van der Waals surface area contributed by atoms with Gasteiger partial charge in [0, 0.05) is 16.1 Å². The summed E-state index contributed by atoms with van der Waals surface area (Å²) in [4.78, 5) is 0. The van der Waals surface area contributed by atoms with Crippen LogP contribution >= 0.6 is 22.9 Å². The van der Waals surface area contributed by atoms with E-state index < -0.39 is 11.9 Å². The lowest BCUT2D eigenvalue weighted by atomic mass is 10.0. The van der Waals surface area contributed by atoms with E-state index in [1.807, 2.05) is 23.6 Å². The van der Waals surface area contributed by atoms with Gasteiger partial charge in [-0.3, -0.25) is 0 Å². The number of fused-ring (bicyclic) bond motifs is 1. The van der Waals surface area contributed by atoms with Crippen molar-refractivity contribution in [3.63, 3.8) is 0 Å². The Kier molecular flexibility index (Phi) is 3.74. The second-order valence-corrected chi connectivity index (χ2v) is 6.03. The maximum atomic E-state index is 13.3. The average molecular weight is 307 g/mol. The third-order valence-electron chi connectivity index (χ3n) is 3.24. The number of rotatable bonds is 3. The van der Waals surface area contributed by atoms with Crippen molar-refractivity contribution in [3.05, 3.63) is 69.8 Å². The zero-order valence-corrected chi connectivity index (χ0v) is 12.1. The van der Waals surface area contributed by atoms with Crippen LogP contribution < -0.4 is 0 Å². The van der Waals surface area contributed by atoms with Crippen molar-refractivity contribution >= 4 is 33.0 Å². The molecule has 0 bridgehead atoms. The van der Waals surface area contributed by atoms with Crippen LogP contribution in [0.4, 0.5) is 4.39 Å². The quantitative estimate of drug-likeness (QED) is 0.724. The Hall–Kier alpha value is -1.42. The lowest BCUT2D eigenvalue weighted by molar-refractivity contribution is 0.178. The van der Waals surface area contributed by atoms with Crippen LogP contribution in [-0.4, -0.2) is 5.11 Å². The highest BCUT2D eigenvalue weighted by molar-refractivity contribution is 7.17. The summed E-state index contributed by atoms with van der Waals surface area (Å²) < 4.78 is 14.5. The van der Waals surface area contributed by atoms with Gasteiger partial charge in [0.05, 0.1) is 6.10 Å². The first-order valence-electron chi connectivity index (χ1n) is 6.22. The number of halogens is 2. The van der Waals surface area contributed by atoms with Gasteiger partial charge in [0.1, 0.15) is 5.82 Å². The Morgan fingerprint density at radius 2 is 2.00 bits per heavy atom. The van der Waals surface area contributed by atoms with E-state index >= 15 is 0 Å². The van der Waals surface area contributed by atoms with E-state index in [0.29, 0.717) is 17.0 Å². The molecule has 1 N–H and O–H groups in total. The molecule has 1 unspecified atom stereocenters. The molecule has 20 heavy (non-hydrogen) atoms. The van der Waals surface area contributed by atoms with Gasteiger partial charge < -0.3 is 5.11 Å². The Bertz CT molecular complexity index is 733. The highest BCUT2D eigenvalue weighted by atomic mass is 35.5. The molecule has 1 nitrogen and oxygen atoms in total. The van der Waals surface area contributed by atoms with E-state index in [1.54, 1.807) is 17.4 Å². The van der Waals surface area contributed by atoms with Gasteiger partial charge in [-0.1, -0.05) is 29.8 Å². The van der Waals surface area contributed by atoms with Crippen molar-refractivity contribution in [2.75, 3.05) is 0 Å². The third-order valence-corrected chi connectivity index (χ3v) is 4.47. The minimum atomic E-state index is -0.763. The Morgan fingerprint density at radius 1 is 1.20 bits per heavy atom. The summed E-state index contributed by atoms with van der Waals surface area (Å²) in [6.07, 6.45) is -0.315. The molecule has 2 aromatic carbocycles. The van der Waals surface area contributed by atoms with E-state index in [1.165, 1.54) is 16.8 Å². The van der Waals surface area contributed by atoms with Gasteiger partial charge in [-0.05, 0) is 46.2 Å². The van der Waals surface area contributed by atoms with Gasteiger partial charge in [0.15, 0.2) is 0 Å². The Morgan fingerprint density at radius 3 is 2.80 bits per heavy atom. The van der Waals surface area contributed by atoms with Crippen molar-refractivity contribution in [1.29, 1.82) is 0 Å². The highest BCUT2D eigenvalue weighted by Gasteiger charge is 2.13. The molecule has 1 aromatic heterocycles. The smallest absolute Gasteiger partial charge is 0.125 e. The first-order chi connectivity index (χ1) is 9.63. The van der Waals surface area contributed by atoms with Gasteiger partial charge in [-0.15, -0.1) is 11.3 Å². The number of aliphatic hydroxyl groups excluding tert-OH is 1. The van der Waals surface area contributed by atoms with Crippen molar-refractivity contribution in [1.82, 2.24) is 0 Å². The summed E-state index contributed by atoms with van der Waals surface area (Å²) >= 11 is 7.47. The summed E-state index contributed by atoms with van der Waals surface area (Å²) in [6.45, 7) is 0. The summed E-state index contributed by atoms with van der Waals surface area (Å²) in [6, 6.07) is 12.2. The molecule has 0 aliphatic heterocycles. The molecule has 4 heteroatoms. The molecule has 0 radical (unpaired) electrons. The Labute approximate surface area is 125 Å². The molecule has 102 valence electrons. The predicted octanol–water partition coefficient (Wildman–Crippen LogP) is 4.97. The minimum Gasteiger partial charge on any atom is -0.388 e. The maximum absolute atomic E-state index is 13.3. The number of hydrogen-bond acceptors (Lipinski definition) is 2. The number of thiophene rings is 1. The van der Waals surface area contributed by atoms with Crippen LogP contribution in [0.3, 0.4) is 0 Å². The van der Waals surface area contributed by atoms with E-state index in [2.05, 4.69) is 6.07 Å². The molecule has 1 heterocycles. The molecule has 3 aromatic rings. The average Bonchev–Trinajstić information content (AvgIpc) is 2.81. The zero-order valence-electron chi connectivity index (χ0n) is 10.5. The van der Waals surface area contributed by atoms with Crippen LogP contribution in [0.1, 0.15) is 17.2 Å². The molecule has 0 aliphatic rings. The minimum absolute atomic E-state index is 0.300. The fraction of sp³-hybridized carbons (Fsp3) is 0.125. The first kappa shape index (κ1) is 13.6. The van der Waals surface area contributed by atoms with Gasteiger partial charge in [0.25, 0.3) is 0 Å². The van der Waals surface area contributed by atoms with Crippen LogP contribution in [0.2, 0.25) is 5.02 Å². The van der Waals surface area contributed by atoms with Crippen molar-refractivity contribution in [2.45, 2.75) is 12.5 Å². The molecule has 0 fully saturated rings. The second kappa shape index (κ2) is 5.52. The summed E-state index contributed by atoms with van der Waals surface area (Å²) in [5.74, 6) is -0.429. The molecule has 0 spiro atoms. The summed E-state index contributed by atoms with van der Waals surface area (Å²) in [5.41, 5.74) is 1.57. The van der Waals surface area contributed by atoms with E-state index in [-0.39, 0.29) is 0 Å². The molecule has 0 saturated carbocycles. The van der Waals surface area contributed by atoms with E-state index in [4.69, 9.17) is 11.6 Å². The zero-order chi connectivity index (χ0) is 14.1. The van der Waals surface area contributed by atoms with Gasteiger partial charge in [0.2, 0.25) is 0 Å². The summed E-state index contributed by atoms with van der Waals surface area (Å²) in [5, 5.41) is 13.8. The molecule has 1 atom stereocenters. The van der Waals surface area contributed by atoms with Gasteiger partial charge in [-0.2, -0.15) is 0 Å².